The minimum absolute atomic E-state index is 0.862. The fraction of sp³-hybridized carbons (Fsp3) is 1.00. The highest BCUT2D eigenvalue weighted by molar-refractivity contribution is 14.1. The summed E-state index contributed by atoms with van der Waals surface area (Å²) in [6, 6.07) is 0. The van der Waals surface area contributed by atoms with E-state index in [4.69, 9.17) is 5.73 Å². The Morgan fingerprint density at radius 1 is 1.17 bits per heavy atom. The van der Waals surface area contributed by atoms with Gasteiger partial charge in [0.2, 0.25) is 0 Å². The van der Waals surface area contributed by atoms with Crippen molar-refractivity contribution in [2.24, 2.45) is 11.7 Å². The van der Waals surface area contributed by atoms with Crippen molar-refractivity contribution in [2.45, 2.75) is 45.4 Å². The summed E-state index contributed by atoms with van der Waals surface area (Å²) >= 11 is 2.50. The zero-order valence-electron chi connectivity index (χ0n) is 8.19. The summed E-state index contributed by atoms with van der Waals surface area (Å²) in [5.74, 6) is 0.931. The summed E-state index contributed by atoms with van der Waals surface area (Å²) in [6.45, 7) is 3.12. The van der Waals surface area contributed by atoms with E-state index in [0.717, 1.165) is 12.5 Å². The smallest absolute Gasteiger partial charge is 0.00237 e. The first-order valence-electron chi connectivity index (χ1n) is 5.11. The van der Waals surface area contributed by atoms with Crippen LogP contribution in [0.2, 0.25) is 0 Å². The van der Waals surface area contributed by atoms with Gasteiger partial charge in [-0.15, -0.1) is 0 Å². The highest BCUT2D eigenvalue weighted by Crippen LogP contribution is 2.17. The Balaban J connectivity index is 3.26. The maximum Gasteiger partial charge on any atom is 0.00237 e. The van der Waals surface area contributed by atoms with Crippen LogP contribution in [-0.2, 0) is 0 Å². The SMILES string of the molecule is CCCCCC(CI)CCCN. The van der Waals surface area contributed by atoms with Crippen LogP contribution in [0.25, 0.3) is 0 Å². The Kier molecular flexibility index (Phi) is 10.3. The molecule has 0 aromatic carbocycles. The topological polar surface area (TPSA) is 26.0 Å². The third-order valence-electron chi connectivity index (χ3n) is 2.25. The van der Waals surface area contributed by atoms with Crippen LogP contribution in [0, 0.1) is 5.92 Å². The van der Waals surface area contributed by atoms with Crippen molar-refractivity contribution in [3.8, 4) is 0 Å². The lowest BCUT2D eigenvalue weighted by Crippen LogP contribution is -2.06. The predicted octanol–water partition coefficient (Wildman–Crippen LogP) is 3.36. The summed E-state index contributed by atoms with van der Waals surface area (Å²) in [5.41, 5.74) is 5.48. The van der Waals surface area contributed by atoms with E-state index in [0.29, 0.717) is 0 Å². The summed E-state index contributed by atoms with van der Waals surface area (Å²) in [5, 5.41) is 0. The molecule has 0 radical (unpaired) electrons. The van der Waals surface area contributed by atoms with Crippen LogP contribution >= 0.6 is 22.6 Å². The van der Waals surface area contributed by atoms with Gasteiger partial charge in [0.05, 0.1) is 0 Å². The van der Waals surface area contributed by atoms with E-state index in [-0.39, 0.29) is 0 Å². The fourth-order valence-corrected chi connectivity index (χ4v) is 2.27. The van der Waals surface area contributed by atoms with E-state index in [1.807, 2.05) is 0 Å². The molecule has 2 heteroatoms. The molecule has 74 valence electrons. The summed E-state index contributed by atoms with van der Waals surface area (Å²) in [4.78, 5) is 0. The molecule has 0 aromatic rings. The first-order valence-corrected chi connectivity index (χ1v) is 6.63. The second-order valence-electron chi connectivity index (χ2n) is 3.45. The minimum Gasteiger partial charge on any atom is -0.330 e. The van der Waals surface area contributed by atoms with Gasteiger partial charge in [0, 0.05) is 4.43 Å². The second-order valence-corrected chi connectivity index (χ2v) is 4.33. The minimum atomic E-state index is 0.862. The normalized spacial score (nSPS) is 13.2. The molecule has 0 spiro atoms. The Bertz CT molecular complexity index is 85.9. The van der Waals surface area contributed by atoms with Gasteiger partial charge in [-0.05, 0) is 31.7 Å². The van der Waals surface area contributed by atoms with Gasteiger partial charge in [-0.25, -0.2) is 0 Å². The van der Waals surface area contributed by atoms with E-state index in [2.05, 4.69) is 29.5 Å². The summed E-state index contributed by atoms with van der Waals surface area (Å²) in [6.07, 6.45) is 8.11. The molecule has 0 saturated carbocycles. The number of rotatable bonds is 8. The lowest BCUT2D eigenvalue weighted by atomic mass is 9.98. The van der Waals surface area contributed by atoms with E-state index in [9.17, 15) is 0 Å². The van der Waals surface area contributed by atoms with Crippen LogP contribution in [0.5, 0.6) is 0 Å². The third-order valence-corrected chi connectivity index (χ3v) is 3.50. The van der Waals surface area contributed by atoms with Gasteiger partial charge in [0.15, 0.2) is 0 Å². The molecule has 2 N–H and O–H groups in total. The van der Waals surface area contributed by atoms with E-state index < -0.39 is 0 Å². The largest absolute Gasteiger partial charge is 0.330 e. The van der Waals surface area contributed by atoms with Gasteiger partial charge < -0.3 is 5.73 Å². The van der Waals surface area contributed by atoms with Crippen LogP contribution in [0.4, 0.5) is 0 Å². The monoisotopic (exact) mass is 283 g/mol. The number of halogens is 1. The lowest BCUT2D eigenvalue weighted by molar-refractivity contribution is 0.465. The Morgan fingerprint density at radius 2 is 1.83 bits per heavy atom. The summed E-state index contributed by atoms with van der Waals surface area (Å²) in [7, 11) is 0. The molecule has 0 heterocycles. The molecule has 0 fully saturated rings. The van der Waals surface area contributed by atoms with Gasteiger partial charge in [0.25, 0.3) is 0 Å². The highest BCUT2D eigenvalue weighted by Gasteiger charge is 2.05. The maximum absolute atomic E-state index is 5.48. The molecule has 12 heavy (non-hydrogen) atoms. The van der Waals surface area contributed by atoms with E-state index >= 15 is 0 Å². The molecule has 0 bridgehead atoms. The quantitative estimate of drug-likeness (QED) is 0.412. The number of hydrogen-bond acceptors (Lipinski definition) is 1. The van der Waals surface area contributed by atoms with Crippen LogP contribution in [0.15, 0.2) is 0 Å². The average molecular weight is 283 g/mol. The van der Waals surface area contributed by atoms with Crippen LogP contribution in [0.3, 0.4) is 0 Å². The van der Waals surface area contributed by atoms with E-state index in [1.165, 1.54) is 43.0 Å². The van der Waals surface area contributed by atoms with Crippen molar-refractivity contribution in [1.82, 2.24) is 0 Å². The second kappa shape index (κ2) is 9.78. The van der Waals surface area contributed by atoms with Crippen molar-refractivity contribution in [3.63, 3.8) is 0 Å². The predicted molar refractivity (Wildman–Crippen MR) is 64.8 cm³/mol. The first kappa shape index (κ1) is 12.7. The highest BCUT2D eigenvalue weighted by atomic mass is 127. The molecule has 0 aliphatic rings. The third kappa shape index (κ3) is 7.35. The Labute approximate surface area is 90.6 Å². The molecule has 1 nitrogen and oxygen atoms in total. The van der Waals surface area contributed by atoms with Gasteiger partial charge in [-0.3, -0.25) is 0 Å². The number of alkyl halides is 1. The Morgan fingerprint density at radius 3 is 2.33 bits per heavy atom. The van der Waals surface area contributed by atoms with Crippen molar-refractivity contribution in [3.05, 3.63) is 0 Å². The molecule has 0 aliphatic carbocycles. The zero-order chi connectivity index (χ0) is 9.23. The number of unbranched alkanes of at least 4 members (excludes halogenated alkanes) is 2. The molecular weight excluding hydrogens is 261 g/mol. The van der Waals surface area contributed by atoms with Gasteiger partial charge >= 0.3 is 0 Å². The lowest BCUT2D eigenvalue weighted by Gasteiger charge is -2.12. The molecule has 1 unspecified atom stereocenters. The standard InChI is InChI=1S/C10H22IN/c1-2-3-4-6-10(9-11)7-5-8-12/h10H,2-9,12H2,1H3. The molecule has 0 aliphatic heterocycles. The fourth-order valence-electron chi connectivity index (χ4n) is 1.39. The first-order chi connectivity index (χ1) is 5.85. The van der Waals surface area contributed by atoms with Crippen molar-refractivity contribution in [2.75, 3.05) is 11.0 Å². The maximum atomic E-state index is 5.48. The summed E-state index contributed by atoms with van der Waals surface area (Å²) < 4.78 is 1.31. The Hall–Kier alpha value is 0.690. The van der Waals surface area contributed by atoms with Crippen LogP contribution < -0.4 is 5.73 Å². The van der Waals surface area contributed by atoms with Crippen LogP contribution in [-0.4, -0.2) is 11.0 Å². The van der Waals surface area contributed by atoms with Gasteiger partial charge in [0.1, 0.15) is 0 Å². The van der Waals surface area contributed by atoms with Crippen molar-refractivity contribution in [1.29, 1.82) is 0 Å². The van der Waals surface area contributed by atoms with Gasteiger partial charge in [-0.2, -0.15) is 0 Å². The average Bonchev–Trinajstić information content (AvgIpc) is 2.11. The number of nitrogens with two attached hydrogens (primary N) is 1. The van der Waals surface area contributed by atoms with Gasteiger partial charge in [-0.1, -0.05) is 48.8 Å². The molecule has 0 amide bonds. The molecule has 0 rings (SSSR count). The molecule has 0 saturated heterocycles. The van der Waals surface area contributed by atoms with Crippen LogP contribution in [0.1, 0.15) is 45.4 Å². The molecule has 0 aromatic heterocycles. The van der Waals surface area contributed by atoms with Crippen molar-refractivity contribution >= 4 is 22.6 Å². The van der Waals surface area contributed by atoms with Crippen molar-refractivity contribution < 1.29 is 0 Å². The molecular formula is C10H22IN. The number of hydrogen-bond donors (Lipinski definition) is 1. The molecule has 1 atom stereocenters. The zero-order valence-corrected chi connectivity index (χ0v) is 10.3. The van der Waals surface area contributed by atoms with E-state index in [1.54, 1.807) is 0 Å².